The van der Waals surface area contributed by atoms with E-state index in [4.69, 9.17) is 5.26 Å². The molecule has 4 nitrogen and oxygen atoms in total. The smallest absolute Gasteiger partial charge is 0.240 e. The van der Waals surface area contributed by atoms with E-state index in [1.165, 1.54) is 0 Å². The van der Waals surface area contributed by atoms with Gasteiger partial charge in [0.25, 0.3) is 0 Å². The Balaban J connectivity index is 2.18. The minimum atomic E-state index is -0.0941. The van der Waals surface area contributed by atoms with Crippen molar-refractivity contribution in [3.63, 3.8) is 0 Å². The van der Waals surface area contributed by atoms with Gasteiger partial charge in [-0.3, -0.25) is 10.1 Å². The van der Waals surface area contributed by atoms with Gasteiger partial charge in [-0.25, -0.2) is 0 Å². The number of carbonyl (C=O) groups is 1. The third-order valence-electron chi connectivity index (χ3n) is 3.79. The van der Waals surface area contributed by atoms with Crippen molar-refractivity contribution in [1.29, 1.82) is 5.26 Å². The Labute approximate surface area is 123 Å². The molecule has 104 valence electrons. The minimum Gasteiger partial charge on any atom is -0.314 e. The largest absolute Gasteiger partial charge is 0.314 e. The predicted molar refractivity (Wildman–Crippen MR) is 80.9 cm³/mol. The van der Waals surface area contributed by atoms with Gasteiger partial charge in [0, 0.05) is 12.7 Å². The summed E-state index contributed by atoms with van der Waals surface area (Å²) in [5.74, 6) is 0.0133. The molecule has 2 aromatic carbocycles. The molecule has 0 radical (unpaired) electrons. The Kier molecular flexibility index (Phi) is 3.43. The minimum absolute atomic E-state index is 0.0133. The van der Waals surface area contributed by atoms with Gasteiger partial charge in [0.1, 0.15) is 0 Å². The molecule has 1 unspecified atom stereocenters. The summed E-state index contributed by atoms with van der Waals surface area (Å²) in [7, 11) is 1.77. The number of rotatable bonds is 1. The maximum atomic E-state index is 12.1. The molecular formula is C17H15N3O. The van der Waals surface area contributed by atoms with Crippen LogP contribution in [0.5, 0.6) is 0 Å². The van der Waals surface area contributed by atoms with Crippen LogP contribution >= 0.6 is 0 Å². The van der Waals surface area contributed by atoms with Crippen molar-refractivity contribution in [2.24, 2.45) is 0 Å². The first-order valence-corrected chi connectivity index (χ1v) is 6.79. The third kappa shape index (κ3) is 2.39. The Hall–Kier alpha value is -2.64. The van der Waals surface area contributed by atoms with Gasteiger partial charge < -0.3 is 4.90 Å². The Bertz CT molecular complexity index is 719. The zero-order valence-electron chi connectivity index (χ0n) is 11.7. The van der Waals surface area contributed by atoms with Crippen molar-refractivity contribution < 1.29 is 4.79 Å². The SMILES string of the molecule is CN1C(=O)CNC(c2ccccc2)c2cc(C#N)ccc21. The molecule has 0 saturated heterocycles. The fourth-order valence-corrected chi connectivity index (χ4v) is 2.66. The normalized spacial score (nSPS) is 17.8. The molecule has 1 atom stereocenters. The zero-order chi connectivity index (χ0) is 14.8. The van der Waals surface area contributed by atoms with Crippen LogP contribution in [0.4, 0.5) is 5.69 Å². The lowest BCUT2D eigenvalue weighted by molar-refractivity contribution is -0.117. The second-order valence-electron chi connectivity index (χ2n) is 5.06. The predicted octanol–water partition coefficient (Wildman–Crippen LogP) is 2.21. The molecule has 2 aromatic rings. The Morgan fingerprint density at radius 1 is 1.24 bits per heavy atom. The van der Waals surface area contributed by atoms with Gasteiger partial charge in [0.05, 0.1) is 24.2 Å². The molecule has 1 aliphatic heterocycles. The maximum Gasteiger partial charge on any atom is 0.240 e. The molecule has 0 spiro atoms. The molecule has 3 rings (SSSR count). The summed E-state index contributed by atoms with van der Waals surface area (Å²) in [6.07, 6.45) is 0. The first kappa shape index (κ1) is 13.3. The standard InChI is InChI=1S/C17H15N3O/c1-20-15-8-7-12(10-18)9-14(15)17(19-11-16(20)21)13-5-3-2-4-6-13/h2-9,17,19H,11H2,1H3. The van der Waals surface area contributed by atoms with Gasteiger partial charge in [-0.1, -0.05) is 30.3 Å². The summed E-state index contributed by atoms with van der Waals surface area (Å²) in [4.78, 5) is 13.8. The van der Waals surface area contributed by atoms with Crippen molar-refractivity contribution in [3.05, 3.63) is 65.2 Å². The summed E-state index contributed by atoms with van der Waals surface area (Å²) in [6.45, 7) is 0.270. The van der Waals surface area contributed by atoms with Gasteiger partial charge in [-0.15, -0.1) is 0 Å². The van der Waals surface area contributed by atoms with Crippen molar-refractivity contribution >= 4 is 11.6 Å². The number of carbonyl (C=O) groups excluding carboxylic acids is 1. The van der Waals surface area contributed by atoms with Crippen molar-refractivity contribution in [2.75, 3.05) is 18.5 Å². The summed E-state index contributed by atoms with van der Waals surface area (Å²) in [5, 5.41) is 12.4. The Morgan fingerprint density at radius 3 is 2.71 bits per heavy atom. The van der Waals surface area contributed by atoms with E-state index in [1.807, 2.05) is 42.5 Å². The number of nitrogens with one attached hydrogen (secondary N) is 1. The van der Waals surface area contributed by atoms with E-state index in [9.17, 15) is 4.79 Å². The van der Waals surface area contributed by atoms with Crippen LogP contribution in [0.1, 0.15) is 22.7 Å². The highest BCUT2D eigenvalue weighted by Gasteiger charge is 2.26. The molecule has 0 aromatic heterocycles. The van der Waals surface area contributed by atoms with Gasteiger partial charge in [0.15, 0.2) is 0 Å². The number of anilines is 1. The molecule has 0 saturated carbocycles. The van der Waals surface area contributed by atoms with E-state index in [-0.39, 0.29) is 18.5 Å². The first-order valence-electron chi connectivity index (χ1n) is 6.79. The quantitative estimate of drug-likeness (QED) is 0.869. The highest BCUT2D eigenvalue weighted by molar-refractivity contribution is 5.96. The van der Waals surface area contributed by atoms with E-state index in [0.717, 1.165) is 16.8 Å². The van der Waals surface area contributed by atoms with Gasteiger partial charge in [-0.2, -0.15) is 5.26 Å². The second kappa shape index (κ2) is 5.39. The molecule has 0 fully saturated rings. The molecule has 0 bridgehead atoms. The average Bonchev–Trinajstić information content (AvgIpc) is 2.66. The number of hydrogen-bond acceptors (Lipinski definition) is 3. The van der Waals surface area contributed by atoms with Crippen molar-refractivity contribution in [1.82, 2.24) is 5.32 Å². The molecular weight excluding hydrogens is 262 g/mol. The summed E-state index contributed by atoms with van der Waals surface area (Å²) in [6, 6.07) is 17.5. The van der Waals surface area contributed by atoms with Crippen molar-refractivity contribution in [2.45, 2.75) is 6.04 Å². The number of nitrogens with zero attached hydrogens (tertiary/aromatic N) is 2. The number of hydrogen-bond donors (Lipinski definition) is 1. The van der Waals surface area contributed by atoms with Crippen LogP contribution in [-0.4, -0.2) is 19.5 Å². The Morgan fingerprint density at radius 2 is 2.00 bits per heavy atom. The second-order valence-corrected chi connectivity index (χ2v) is 5.06. The number of nitriles is 1. The highest BCUT2D eigenvalue weighted by Crippen LogP contribution is 2.33. The van der Waals surface area contributed by atoms with Crippen LogP contribution in [0.15, 0.2) is 48.5 Å². The van der Waals surface area contributed by atoms with Crippen LogP contribution < -0.4 is 10.2 Å². The molecule has 0 aliphatic carbocycles. The van der Waals surface area contributed by atoms with Gasteiger partial charge >= 0.3 is 0 Å². The number of likely N-dealkylation sites (N-methyl/N-ethyl adjacent to an activating group) is 1. The fourth-order valence-electron chi connectivity index (χ4n) is 2.66. The van der Waals surface area contributed by atoms with Crippen LogP contribution in [0, 0.1) is 11.3 Å². The summed E-state index contributed by atoms with van der Waals surface area (Å²) < 4.78 is 0. The average molecular weight is 277 g/mol. The van der Waals surface area contributed by atoms with Gasteiger partial charge in [0.2, 0.25) is 5.91 Å². The lowest BCUT2D eigenvalue weighted by Gasteiger charge is -2.21. The van der Waals surface area contributed by atoms with Gasteiger partial charge in [-0.05, 0) is 29.3 Å². The van der Waals surface area contributed by atoms with E-state index in [2.05, 4.69) is 11.4 Å². The van der Waals surface area contributed by atoms with E-state index in [1.54, 1.807) is 18.0 Å². The molecule has 21 heavy (non-hydrogen) atoms. The van der Waals surface area contributed by atoms with Crippen molar-refractivity contribution in [3.8, 4) is 6.07 Å². The van der Waals surface area contributed by atoms with E-state index in [0.29, 0.717) is 5.56 Å². The maximum absolute atomic E-state index is 12.1. The van der Waals surface area contributed by atoms with E-state index < -0.39 is 0 Å². The molecule has 1 amide bonds. The lowest BCUT2D eigenvalue weighted by Crippen LogP contribution is -2.33. The lowest BCUT2D eigenvalue weighted by atomic mass is 9.95. The topological polar surface area (TPSA) is 56.1 Å². The zero-order valence-corrected chi connectivity index (χ0v) is 11.7. The molecule has 1 aliphatic rings. The highest BCUT2D eigenvalue weighted by atomic mass is 16.2. The van der Waals surface area contributed by atoms with Crippen LogP contribution in [0.2, 0.25) is 0 Å². The third-order valence-corrected chi connectivity index (χ3v) is 3.79. The van der Waals surface area contributed by atoms with E-state index >= 15 is 0 Å². The number of benzene rings is 2. The summed E-state index contributed by atoms with van der Waals surface area (Å²) >= 11 is 0. The fraction of sp³-hybridized carbons (Fsp3) is 0.176. The molecule has 1 N–H and O–H groups in total. The molecule has 1 heterocycles. The van der Waals surface area contributed by atoms with Crippen LogP contribution in [0.3, 0.4) is 0 Å². The number of fused-ring (bicyclic) bond motifs is 1. The van der Waals surface area contributed by atoms with Crippen LogP contribution in [0.25, 0.3) is 0 Å². The first-order chi connectivity index (χ1) is 10.2. The number of amides is 1. The summed E-state index contributed by atoms with van der Waals surface area (Å²) in [5.41, 5.74) is 3.47. The monoisotopic (exact) mass is 277 g/mol. The van der Waals surface area contributed by atoms with Crippen LogP contribution in [-0.2, 0) is 4.79 Å². The molecule has 4 heteroatoms.